The maximum absolute atomic E-state index is 5.30. The molecule has 1 aliphatic rings. The zero-order valence-electron chi connectivity index (χ0n) is 13.3. The summed E-state index contributed by atoms with van der Waals surface area (Å²) >= 11 is 0. The quantitative estimate of drug-likeness (QED) is 0.848. The second kappa shape index (κ2) is 6.94. The number of ether oxygens (including phenoxy) is 1. The molecule has 22 heavy (non-hydrogen) atoms. The topological polar surface area (TPSA) is 41.7 Å². The van der Waals surface area contributed by atoms with E-state index in [9.17, 15) is 0 Å². The molecule has 0 saturated carbocycles. The summed E-state index contributed by atoms with van der Waals surface area (Å²) in [6.45, 7) is 8.06. The van der Waals surface area contributed by atoms with Crippen LogP contribution >= 0.6 is 0 Å². The number of hydrogen-bond donors (Lipinski definition) is 0. The Bertz CT molecular complexity index is 603. The fraction of sp³-hybridized carbons (Fsp3) is 0.471. The summed E-state index contributed by atoms with van der Waals surface area (Å²) in [5, 5.41) is 3.95. The van der Waals surface area contributed by atoms with Gasteiger partial charge in [-0.1, -0.05) is 17.3 Å². The second-order valence-corrected chi connectivity index (χ2v) is 5.84. The van der Waals surface area contributed by atoms with Crippen molar-refractivity contribution in [3.8, 4) is 5.75 Å². The third-order valence-electron chi connectivity index (χ3n) is 4.06. The van der Waals surface area contributed by atoms with Crippen LogP contribution in [0.15, 0.2) is 34.9 Å². The first-order valence-corrected chi connectivity index (χ1v) is 7.73. The normalized spacial score (nSPS) is 16.8. The van der Waals surface area contributed by atoms with E-state index >= 15 is 0 Å². The van der Waals surface area contributed by atoms with Gasteiger partial charge in [0.25, 0.3) is 0 Å². The minimum Gasteiger partial charge on any atom is -0.497 e. The van der Waals surface area contributed by atoms with Crippen LogP contribution in [-0.4, -0.2) is 48.2 Å². The molecule has 1 aliphatic heterocycles. The molecule has 5 heteroatoms. The summed E-state index contributed by atoms with van der Waals surface area (Å²) in [6, 6.07) is 10.3. The summed E-state index contributed by atoms with van der Waals surface area (Å²) < 4.78 is 10.6. The Labute approximate surface area is 131 Å². The van der Waals surface area contributed by atoms with Crippen LogP contribution in [0.1, 0.15) is 17.0 Å². The molecular weight excluding hydrogens is 278 g/mol. The highest BCUT2D eigenvalue weighted by molar-refractivity contribution is 5.28. The Morgan fingerprint density at radius 3 is 2.45 bits per heavy atom. The third kappa shape index (κ3) is 3.87. The molecule has 1 fully saturated rings. The van der Waals surface area contributed by atoms with E-state index in [1.165, 1.54) is 5.56 Å². The number of methoxy groups -OCH3 is 1. The van der Waals surface area contributed by atoms with Gasteiger partial charge in [0.2, 0.25) is 0 Å². The van der Waals surface area contributed by atoms with E-state index in [-0.39, 0.29) is 0 Å². The standard InChI is InChI=1S/C17H23N3O2/c1-14-10-17(22-18-14)13-20-8-6-19(7-9-20)12-15-4-3-5-16(11-15)21-2/h3-5,10-11H,6-9,12-13H2,1-2H3. The average Bonchev–Trinajstić information content (AvgIpc) is 2.94. The summed E-state index contributed by atoms with van der Waals surface area (Å²) in [4.78, 5) is 4.90. The highest BCUT2D eigenvalue weighted by Gasteiger charge is 2.18. The van der Waals surface area contributed by atoms with Crippen molar-refractivity contribution in [2.24, 2.45) is 0 Å². The molecule has 0 spiro atoms. The summed E-state index contributed by atoms with van der Waals surface area (Å²) in [5.41, 5.74) is 2.25. The smallest absolute Gasteiger partial charge is 0.150 e. The minimum atomic E-state index is 0.855. The van der Waals surface area contributed by atoms with E-state index in [0.29, 0.717) is 0 Å². The van der Waals surface area contributed by atoms with Crippen LogP contribution in [-0.2, 0) is 13.1 Å². The fourth-order valence-electron chi connectivity index (χ4n) is 2.85. The monoisotopic (exact) mass is 301 g/mol. The fourth-order valence-corrected chi connectivity index (χ4v) is 2.85. The highest BCUT2D eigenvalue weighted by atomic mass is 16.5. The predicted molar refractivity (Wildman–Crippen MR) is 84.8 cm³/mol. The molecule has 5 nitrogen and oxygen atoms in total. The van der Waals surface area contributed by atoms with Crippen molar-refractivity contribution in [1.82, 2.24) is 15.0 Å². The van der Waals surface area contributed by atoms with Crippen molar-refractivity contribution >= 4 is 0 Å². The van der Waals surface area contributed by atoms with Crippen LogP contribution in [0.5, 0.6) is 5.75 Å². The molecule has 1 aromatic heterocycles. The van der Waals surface area contributed by atoms with Gasteiger partial charge in [0.15, 0.2) is 5.76 Å². The molecule has 0 atom stereocenters. The van der Waals surface area contributed by atoms with Gasteiger partial charge in [-0.3, -0.25) is 9.80 Å². The first-order valence-electron chi connectivity index (χ1n) is 7.73. The van der Waals surface area contributed by atoms with E-state index in [1.54, 1.807) is 7.11 Å². The average molecular weight is 301 g/mol. The van der Waals surface area contributed by atoms with Gasteiger partial charge in [0.05, 0.1) is 19.3 Å². The maximum atomic E-state index is 5.30. The zero-order chi connectivity index (χ0) is 15.4. The van der Waals surface area contributed by atoms with Crippen LogP contribution in [0.4, 0.5) is 0 Å². The summed E-state index contributed by atoms with van der Waals surface area (Å²) in [6.07, 6.45) is 0. The molecular formula is C17H23N3O2. The summed E-state index contributed by atoms with van der Waals surface area (Å²) in [5.74, 6) is 1.88. The minimum absolute atomic E-state index is 0.855. The lowest BCUT2D eigenvalue weighted by Crippen LogP contribution is -2.45. The van der Waals surface area contributed by atoms with Gasteiger partial charge in [-0.25, -0.2) is 0 Å². The molecule has 1 saturated heterocycles. The Morgan fingerprint density at radius 2 is 1.82 bits per heavy atom. The molecule has 2 aromatic rings. The van der Waals surface area contributed by atoms with E-state index in [4.69, 9.17) is 9.26 Å². The summed E-state index contributed by atoms with van der Waals surface area (Å²) in [7, 11) is 1.71. The molecule has 118 valence electrons. The van der Waals surface area contributed by atoms with Gasteiger partial charge in [-0.2, -0.15) is 0 Å². The van der Waals surface area contributed by atoms with Crippen molar-refractivity contribution in [2.75, 3.05) is 33.3 Å². The highest BCUT2D eigenvalue weighted by Crippen LogP contribution is 2.16. The lowest BCUT2D eigenvalue weighted by atomic mass is 10.2. The van der Waals surface area contributed by atoms with E-state index < -0.39 is 0 Å². The van der Waals surface area contributed by atoms with E-state index in [0.717, 1.165) is 56.5 Å². The van der Waals surface area contributed by atoms with Gasteiger partial charge in [0.1, 0.15) is 5.75 Å². The molecule has 0 unspecified atom stereocenters. The van der Waals surface area contributed by atoms with Crippen LogP contribution < -0.4 is 4.74 Å². The zero-order valence-corrected chi connectivity index (χ0v) is 13.3. The number of hydrogen-bond acceptors (Lipinski definition) is 5. The number of piperazine rings is 1. The van der Waals surface area contributed by atoms with Gasteiger partial charge < -0.3 is 9.26 Å². The molecule has 0 radical (unpaired) electrons. The molecule has 3 rings (SSSR count). The van der Waals surface area contributed by atoms with Gasteiger partial charge in [0, 0.05) is 38.8 Å². The van der Waals surface area contributed by atoms with Crippen molar-refractivity contribution in [2.45, 2.75) is 20.0 Å². The lowest BCUT2D eigenvalue weighted by molar-refractivity contribution is 0.113. The van der Waals surface area contributed by atoms with Crippen molar-refractivity contribution in [3.05, 3.63) is 47.3 Å². The number of rotatable bonds is 5. The number of benzene rings is 1. The largest absolute Gasteiger partial charge is 0.497 e. The first kappa shape index (κ1) is 15.1. The van der Waals surface area contributed by atoms with Crippen molar-refractivity contribution in [3.63, 3.8) is 0 Å². The second-order valence-electron chi connectivity index (χ2n) is 5.84. The lowest BCUT2D eigenvalue weighted by Gasteiger charge is -2.34. The Morgan fingerprint density at radius 1 is 1.09 bits per heavy atom. The van der Waals surface area contributed by atoms with Crippen molar-refractivity contribution in [1.29, 1.82) is 0 Å². The van der Waals surface area contributed by atoms with Crippen LogP contribution in [0.25, 0.3) is 0 Å². The first-order chi connectivity index (χ1) is 10.7. The third-order valence-corrected chi connectivity index (χ3v) is 4.06. The number of aromatic nitrogens is 1. The van der Waals surface area contributed by atoms with Gasteiger partial charge in [-0.15, -0.1) is 0 Å². The molecule has 1 aromatic carbocycles. The van der Waals surface area contributed by atoms with Gasteiger partial charge in [-0.05, 0) is 24.6 Å². The van der Waals surface area contributed by atoms with Crippen LogP contribution in [0.2, 0.25) is 0 Å². The Kier molecular flexibility index (Phi) is 4.75. The number of aryl methyl sites for hydroxylation is 1. The molecule has 0 amide bonds. The van der Waals surface area contributed by atoms with Crippen LogP contribution in [0, 0.1) is 6.92 Å². The Balaban J connectivity index is 1.49. The van der Waals surface area contributed by atoms with Crippen molar-refractivity contribution < 1.29 is 9.26 Å². The Hall–Kier alpha value is -1.85. The van der Waals surface area contributed by atoms with Gasteiger partial charge >= 0.3 is 0 Å². The number of nitrogens with zero attached hydrogens (tertiary/aromatic N) is 3. The van der Waals surface area contributed by atoms with E-state index in [2.05, 4.69) is 33.2 Å². The molecule has 2 heterocycles. The van der Waals surface area contributed by atoms with E-state index in [1.807, 2.05) is 19.1 Å². The SMILES string of the molecule is COc1cccc(CN2CCN(Cc3cc(C)no3)CC2)c1. The maximum Gasteiger partial charge on any atom is 0.150 e. The molecule has 0 N–H and O–H groups in total. The molecule has 0 bridgehead atoms. The predicted octanol–water partition coefficient (Wildman–Crippen LogP) is 2.31. The molecule has 0 aliphatic carbocycles. The van der Waals surface area contributed by atoms with Crippen LogP contribution in [0.3, 0.4) is 0 Å².